The number of piperidine rings is 1. The third-order valence-corrected chi connectivity index (χ3v) is 9.55. The zero-order valence-electron chi connectivity index (χ0n) is 25.4. The number of rotatable bonds is 9. The first-order valence-corrected chi connectivity index (χ1v) is 15.6. The van der Waals surface area contributed by atoms with Gasteiger partial charge in [-0.15, -0.1) is 5.10 Å². The molecule has 3 radical (unpaired) electrons. The Bertz CT molecular complexity index is 1720. The minimum absolute atomic E-state index is 0.124. The molecule has 2 aromatic carbocycles. The van der Waals surface area contributed by atoms with E-state index in [1.54, 1.807) is 13.1 Å². The van der Waals surface area contributed by atoms with Crippen molar-refractivity contribution in [3.05, 3.63) is 59.8 Å². The minimum atomic E-state index is -2.61. The van der Waals surface area contributed by atoms with E-state index in [9.17, 15) is 18.7 Å². The molecule has 0 spiro atoms. The van der Waals surface area contributed by atoms with Crippen LogP contribution < -0.4 is 20.9 Å². The molecule has 1 saturated heterocycles. The number of alkyl halides is 2. The van der Waals surface area contributed by atoms with E-state index < -0.39 is 35.6 Å². The first-order chi connectivity index (χ1) is 21.4. The van der Waals surface area contributed by atoms with Crippen molar-refractivity contribution in [2.24, 2.45) is 5.92 Å². The Hall–Kier alpha value is -4.17. The second kappa shape index (κ2) is 12.0. The molecule has 2 aliphatic rings. The zero-order valence-corrected chi connectivity index (χ0v) is 26.4. The number of nitrogens with one attached hydrogen (secondary N) is 3. The van der Waals surface area contributed by atoms with Crippen LogP contribution in [0.4, 0.5) is 31.9 Å². The fourth-order valence-electron chi connectivity index (χ4n) is 6.23. The van der Waals surface area contributed by atoms with Crippen LogP contribution in [0.1, 0.15) is 50.8 Å². The number of nitrogens with zero attached hydrogens (tertiary/aromatic N) is 6. The summed E-state index contributed by atoms with van der Waals surface area (Å²) in [7, 11) is 3.92. The van der Waals surface area contributed by atoms with E-state index in [-0.39, 0.29) is 6.04 Å². The third kappa shape index (κ3) is 5.95. The maximum Gasteiger partial charge on any atom is 0.255 e. The number of carbonyl (C=O) groups is 1. The van der Waals surface area contributed by atoms with Gasteiger partial charge < -0.3 is 26.0 Å². The van der Waals surface area contributed by atoms with Crippen molar-refractivity contribution in [3.8, 4) is 0 Å². The zero-order chi connectivity index (χ0) is 31.9. The van der Waals surface area contributed by atoms with E-state index in [0.29, 0.717) is 49.8 Å². The summed E-state index contributed by atoms with van der Waals surface area (Å²) in [5, 5.41) is 28.2. The Kier molecular flexibility index (Phi) is 8.20. The molecule has 235 valence electrons. The second-order valence-corrected chi connectivity index (χ2v) is 13.0. The molecule has 2 aromatic heterocycles. The number of hydrogen-bond acceptors (Lipinski definition) is 9. The first kappa shape index (κ1) is 30.8. The van der Waals surface area contributed by atoms with Crippen LogP contribution in [-0.4, -0.2) is 77.9 Å². The van der Waals surface area contributed by atoms with E-state index in [4.69, 9.17) is 4.98 Å². The third-order valence-electron chi connectivity index (χ3n) is 8.62. The van der Waals surface area contributed by atoms with E-state index in [0.717, 1.165) is 27.8 Å². The van der Waals surface area contributed by atoms with Gasteiger partial charge in [0.15, 0.2) is 5.82 Å². The Morgan fingerprint density at radius 2 is 2.02 bits per heavy atom. The Morgan fingerprint density at radius 1 is 1.22 bits per heavy atom. The lowest BCUT2D eigenvalue weighted by molar-refractivity contribution is -0.125. The summed E-state index contributed by atoms with van der Waals surface area (Å²) in [6.07, 6.45) is 0.754. The molecule has 0 saturated carbocycles. The molecular formula is C31H36F2N9O2Si. The van der Waals surface area contributed by atoms with Gasteiger partial charge in [-0.2, -0.15) is 4.98 Å². The monoisotopic (exact) mass is 632 g/mol. The predicted octanol–water partition coefficient (Wildman–Crippen LogP) is 3.88. The van der Waals surface area contributed by atoms with Gasteiger partial charge in [-0.05, 0) is 62.9 Å². The van der Waals surface area contributed by atoms with Crippen LogP contribution in [0.25, 0.3) is 11.0 Å². The number of anilines is 4. The van der Waals surface area contributed by atoms with Gasteiger partial charge in [0.25, 0.3) is 6.43 Å². The highest BCUT2D eigenvalue weighted by Crippen LogP contribution is 2.45. The van der Waals surface area contributed by atoms with E-state index in [2.05, 4.69) is 41.5 Å². The molecule has 3 atom stereocenters. The highest BCUT2D eigenvalue weighted by molar-refractivity contribution is 6.19. The van der Waals surface area contributed by atoms with Crippen LogP contribution in [0.3, 0.4) is 0 Å². The summed E-state index contributed by atoms with van der Waals surface area (Å²) < 4.78 is 27.4. The molecule has 1 unspecified atom stereocenters. The summed E-state index contributed by atoms with van der Waals surface area (Å²) >= 11 is 0. The maximum atomic E-state index is 12.8. The van der Waals surface area contributed by atoms with Gasteiger partial charge in [-0.1, -0.05) is 29.5 Å². The number of halogens is 2. The fourth-order valence-corrected chi connectivity index (χ4v) is 6.68. The average molecular weight is 633 g/mol. The molecule has 4 aromatic rings. The number of carbonyl (C=O) groups excluding carboxylic acids is 1. The molecule has 1 aliphatic heterocycles. The summed E-state index contributed by atoms with van der Waals surface area (Å²) in [6, 6.07) is 13.6. The molecule has 4 N–H and O–H groups in total. The Labute approximate surface area is 263 Å². The molecule has 3 heterocycles. The van der Waals surface area contributed by atoms with E-state index >= 15 is 0 Å². The standard InChI is InChI=1S/C31H36F2N9O2Si/c1-18(2)42-24-13-21(10-11-23(24)39-40-42)36-29-35-15-25(41-12-6-8-20(17-41)28(43)34-16-26(32)33)27(37-29)38-31(45)22-9-5-4-7-19(22)14-30(31,3)44/h4-5,7,9-11,13,15,18,20,26,44H,6,8,12,14,16-17H2,1-3H3,(H,34,43)(H2,35,36,37,38)/t20-,30?,31+/m0/s1. The van der Waals surface area contributed by atoms with Crippen molar-refractivity contribution < 1.29 is 18.7 Å². The number of benzene rings is 2. The van der Waals surface area contributed by atoms with Crippen LogP contribution in [0.2, 0.25) is 0 Å². The van der Waals surface area contributed by atoms with Crippen molar-refractivity contribution in [2.75, 3.05) is 35.2 Å². The molecule has 0 bridgehead atoms. The fraction of sp³-hybridized carbons (Fsp3) is 0.452. The number of aromatic nitrogens is 5. The Morgan fingerprint density at radius 3 is 2.80 bits per heavy atom. The van der Waals surface area contributed by atoms with Gasteiger partial charge in [0.05, 0.1) is 50.9 Å². The Balaban J connectivity index is 1.35. The van der Waals surface area contributed by atoms with Gasteiger partial charge in [0.2, 0.25) is 11.9 Å². The van der Waals surface area contributed by atoms with E-state index in [1.165, 1.54) is 0 Å². The topological polar surface area (TPSA) is 133 Å². The molecule has 6 rings (SSSR count). The summed E-state index contributed by atoms with van der Waals surface area (Å²) in [6.45, 7) is 6.09. The van der Waals surface area contributed by atoms with Gasteiger partial charge >= 0.3 is 0 Å². The normalized spacial score (nSPS) is 23.0. The summed E-state index contributed by atoms with van der Waals surface area (Å²) in [5.41, 5.74) is 3.66. The van der Waals surface area contributed by atoms with Crippen molar-refractivity contribution in [3.63, 3.8) is 0 Å². The van der Waals surface area contributed by atoms with Crippen molar-refractivity contribution >= 4 is 50.3 Å². The largest absolute Gasteiger partial charge is 0.387 e. The van der Waals surface area contributed by atoms with Crippen LogP contribution >= 0.6 is 0 Å². The lowest BCUT2D eigenvalue weighted by Gasteiger charge is -2.41. The number of hydrogen-bond donors (Lipinski definition) is 4. The van der Waals surface area contributed by atoms with Crippen molar-refractivity contribution in [1.82, 2.24) is 30.3 Å². The molecule has 11 nitrogen and oxygen atoms in total. The molecule has 1 amide bonds. The van der Waals surface area contributed by atoms with Crippen LogP contribution in [0.15, 0.2) is 48.7 Å². The van der Waals surface area contributed by atoms with Crippen molar-refractivity contribution in [2.45, 2.75) is 63.3 Å². The summed E-state index contributed by atoms with van der Waals surface area (Å²) in [4.78, 5) is 24.2. The van der Waals surface area contributed by atoms with Gasteiger partial charge in [-0.3, -0.25) is 4.79 Å². The smallest absolute Gasteiger partial charge is 0.255 e. The van der Waals surface area contributed by atoms with Crippen LogP contribution in [0.5, 0.6) is 0 Å². The predicted molar refractivity (Wildman–Crippen MR) is 169 cm³/mol. The highest BCUT2D eigenvalue weighted by atomic mass is 28.1. The number of fused-ring (bicyclic) bond motifs is 2. The quantitative estimate of drug-likeness (QED) is 0.203. The highest BCUT2D eigenvalue weighted by Gasteiger charge is 2.51. The molecular weight excluding hydrogens is 596 g/mol. The second-order valence-electron chi connectivity index (χ2n) is 12.3. The van der Waals surface area contributed by atoms with Gasteiger partial charge in [0, 0.05) is 31.2 Å². The first-order valence-electron chi connectivity index (χ1n) is 15.1. The lowest BCUT2D eigenvalue weighted by Crippen LogP contribution is -2.53. The number of aliphatic hydroxyl groups is 1. The average Bonchev–Trinajstić information content (AvgIpc) is 3.51. The van der Waals surface area contributed by atoms with Crippen LogP contribution in [-0.2, 0) is 16.4 Å². The minimum Gasteiger partial charge on any atom is -0.387 e. The number of amides is 1. The molecule has 1 fully saturated rings. The molecule has 1 aliphatic carbocycles. The van der Waals surface area contributed by atoms with E-state index in [1.807, 2.05) is 65.9 Å². The van der Waals surface area contributed by atoms with Crippen LogP contribution in [0, 0.1) is 5.92 Å². The molecule has 14 heteroatoms. The van der Waals surface area contributed by atoms with Gasteiger partial charge in [-0.25, -0.2) is 18.4 Å². The molecule has 45 heavy (non-hydrogen) atoms. The van der Waals surface area contributed by atoms with Gasteiger partial charge in [0.1, 0.15) is 5.52 Å². The summed E-state index contributed by atoms with van der Waals surface area (Å²) in [5.74, 6) is -0.123. The lowest BCUT2D eigenvalue weighted by atomic mass is 9.95. The SMILES string of the molecule is CC(C)n1nnc2ccc(Nc3ncc(N4CCC[C@H](C(=O)NCC(F)F)C4)c(N[C@@]4([Si])c5ccccc5CC4(C)O)n3)cc21. The van der Waals surface area contributed by atoms with Crippen molar-refractivity contribution in [1.29, 1.82) is 0 Å². The maximum absolute atomic E-state index is 12.8.